The van der Waals surface area contributed by atoms with Gasteiger partial charge in [-0.3, -0.25) is 4.79 Å². The minimum absolute atomic E-state index is 0.0155. The van der Waals surface area contributed by atoms with Gasteiger partial charge in [-0.05, 0) is 39.2 Å². The fraction of sp³-hybridized carbons (Fsp3) is 0.556. The molecular weight excluding hydrogens is 356 g/mol. The standard InChI is InChI=1S/C18H26N2O7/c1-18(2,3)27-17(22)19-15(12-14-8-5-4-6-9-14)13-25-16(21)10-7-11-26-20(23)24/h4-6,8-9,15H,7,10-13H2,1-3H3,(H,19,22)/t15-/m1/s1. The number of amides is 1. The van der Waals surface area contributed by atoms with Gasteiger partial charge in [-0.2, -0.15) is 0 Å². The van der Waals surface area contributed by atoms with Gasteiger partial charge < -0.3 is 19.6 Å². The summed E-state index contributed by atoms with van der Waals surface area (Å²) < 4.78 is 10.4. The summed E-state index contributed by atoms with van der Waals surface area (Å²) in [6.45, 7) is 5.05. The SMILES string of the molecule is CC(C)(C)OC(=O)N[C@@H](COC(=O)CCCO[N+](=O)[O-])Cc1ccccc1. The summed E-state index contributed by atoms with van der Waals surface area (Å²) in [5.41, 5.74) is 0.323. The molecule has 9 nitrogen and oxygen atoms in total. The normalized spacial score (nSPS) is 12.0. The van der Waals surface area contributed by atoms with Crippen LogP contribution in [-0.4, -0.2) is 42.0 Å². The van der Waals surface area contributed by atoms with Crippen molar-refractivity contribution in [2.45, 2.75) is 51.7 Å². The van der Waals surface area contributed by atoms with Gasteiger partial charge in [0.05, 0.1) is 12.6 Å². The van der Waals surface area contributed by atoms with Crippen LogP contribution >= 0.6 is 0 Å². The first-order chi connectivity index (χ1) is 12.7. The molecule has 0 aromatic heterocycles. The Bertz CT molecular complexity index is 614. The predicted molar refractivity (Wildman–Crippen MR) is 96.4 cm³/mol. The molecule has 0 bridgehead atoms. The van der Waals surface area contributed by atoms with Crippen molar-refractivity contribution in [3.63, 3.8) is 0 Å². The Balaban J connectivity index is 2.53. The van der Waals surface area contributed by atoms with E-state index in [4.69, 9.17) is 9.47 Å². The van der Waals surface area contributed by atoms with Gasteiger partial charge in [0.2, 0.25) is 0 Å². The number of carbonyl (C=O) groups excluding carboxylic acids is 2. The van der Waals surface area contributed by atoms with Crippen LogP contribution in [-0.2, 0) is 25.5 Å². The first-order valence-electron chi connectivity index (χ1n) is 8.62. The molecule has 0 radical (unpaired) electrons. The molecule has 27 heavy (non-hydrogen) atoms. The van der Waals surface area contributed by atoms with E-state index in [1.807, 2.05) is 30.3 Å². The molecule has 0 spiro atoms. The number of nitrogens with zero attached hydrogens (tertiary/aromatic N) is 1. The van der Waals surface area contributed by atoms with E-state index in [0.717, 1.165) is 5.56 Å². The Hall–Kier alpha value is -2.84. The van der Waals surface area contributed by atoms with E-state index in [2.05, 4.69) is 10.2 Å². The predicted octanol–water partition coefficient (Wildman–Crippen LogP) is 2.65. The number of hydrogen-bond acceptors (Lipinski definition) is 7. The van der Waals surface area contributed by atoms with E-state index in [1.54, 1.807) is 20.8 Å². The van der Waals surface area contributed by atoms with Crippen molar-refractivity contribution in [2.75, 3.05) is 13.2 Å². The van der Waals surface area contributed by atoms with Crippen molar-refractivity contribution in [2.24, 2.45) is 0 Å². The Labute approximate surface area is 158 Å². The lowest BCUT2D eigenvalue weighted by Gasteiger charge is -2.23. The molecule has 150 valence electrons. The maximum atomic E-state index is 12.0. The van der Waals surface area contributed by atoms with Crippen molar-refractivity contribution in [3.05, 3.63) is 46.0 Å². The van der Waals surface area contributed by atoms with E-state index < -0.39 is 28.8 Å². The van der Waals surface area contributed by atoms with E-state index in [-0.39, 0.29) is 26.1 Å². The van der Waals surface area contributed by atoms with Crippen LogP contribution < -0.4 is 5.32 Å². The van der Waals surface area contributed by atoms with Crippen molar-refractivity contribution >= 4 is 12.1 Å². The molecular formula is C18H26N2O7. The Morgan fingerprint density at radius 1 is 1.22 bits per heavy atom. The maximum Gasteiger partial charge on any atom is 0.408 e. The Kier molecular flexibility index (Phi) is 9.04. The first-order valence-corrected chi connectivity index (χ1v) is 8.62. The number of alkyl carbamates (subject to hydrolysis) is 1. The second-order valence-corrected chi connectivity index (χ2v) is 6.88. The Morgan fingerprint density at radius 2 is 1.89 bits per heavy atom. The molecule has 1 amide bonds. The van der Waals surface area contributed by atoms with Gasteiger partial charge in [-0.1, -0.05) is 30.3 Å². The summed E-state index contributed by atoms with van der Waals surface area (Å²) in [5, 5.41) is 11.8. The van der Waals surface area contributed by atoms with Gasteiger partial charge in [0.1, 0.15) is 12.2 Å². The van der Waals surface area contributed by atoms with Crippen molar-refractivity contribution in [3.8, 4) is 0 Å². The van der Waals surface area contributed by atoms with Gasteiger partial charge in [-0.15, -0.1) is 10.1 Å². The summed E-state index contributed by atoms with van der Waals surface area (Å²) >= 11 is 0. The van der Waals surface area contributed by atoms with Crippen LogP contribution in [0, 0.1) is 10.1 Å². The number of carbonyl (C=O) groups is 2. The number of esters is 1. The first kappa shape index (κ1) is 22.2. The third-order valence-corrected chi connectivity index (χ3v) is 3.21. The summed E-state index contributed by atoms with van der Waals surface area (Å²) in [4.78, 5) is 38.0. The van der Waals surface area contributed by atoms with Crippen LogP contribution in [0.3, 0.4) is 0 Å². The van der Waals surface area contributed by atoms with Crippen molar-refractivity contribution in [1.82, 2.24) is 5.32 Å². The lowest BCUT2D eigenvalue weighted by Crippen LogP contribution is -2.43. The third-order valence-electron chi connectivity index (χ3n) is 3.21. The minimum Gasteiger partial charge on any atom is -0.463 e. The summed E-state index contributed by atoms with van der Waals surface area (Å²) in [7, 11) is 0. The molecule has 0 unspecified atom stereocenters. The zero-order valence-electron chi connectivity index (χ0n) is 15.8. The molecule has 0 aliphatic carbocycles. The van der Waals surface area contributed by atoms with Gasteiger partial charge in [0.15, 0.2) is 0 Å². The van der Waals surface area contributed by atoms with E-state index in [9.17, 15) is 19.7 Å². The summed E-state index contributed by atoms with van der Waals surface area (Å²) in [6, 6.07) is 8.97. The molecule has 0 saturated carbocycles. The molecule has 0 aliphatic rings. The second kappa shape index (κ2) is 11.0. The molecule has 1 rings (SSSR count). The van der Waals surface area contributed by atoms with Gasteiger partial charge in [-0.25, -0.2) is 4.79 Å². The average molecular weight is 382 g/mol. The number of ether oxygens (including phenoxy) is 2. The fourth-order valence-corrected chi connectivity index (χ4v) is 2.15. The average Bonchev–Trinajstić information content (AvgIpc) is 2.55. The van der Waals surface area contributed by atoms with E-state index in [0.29, 0.717) is 6.42 Å². The molecule has 9 heteroatoms. The van der Waals surface area contributed by atoms with Crippen LogP contribution in [0.2, 0.25) is 0 Å². The summed E-state index contributed by atoms with van der Waals surface area (Å²) in [5.74, 6) is -0.522. The van der Waals surface area contributed by atoms with Crippen LogP contribution in [0.5, 0.6) is 0 Å². The maximum absolute atomic E-state index is 12.0. The third kappa shape index (κ3) is 11.4. The molecule has 0 heterocycles. The van der Waals surface area contributed by atoms with Crippen LogP contribution in [0.4, 0.5) is 4.79 Å². The highest BCUT2D eigenvalue weighted by molar-refractivity contribution is 5.70. The lowest BCUT2D eigenvalue weighted by molar-refractivity contribution is -0.757. The van der Waals surface area contributed by atoms with Crippen LogP contribution in [0.15, 0.2) is 30.3 Å². The zero-order chi connectivity index (χ0) is 20.3. The number of nitrogens with one attached hydrogen (secondary N) is 1. The van der Waals surface area contributed by atoms with Crippen molar-refractivity contribution < 1.29 is 29.0 Å². The molecule has 1 aromatic carbocycles. The molecule has 1 aromatic rings. The molecule has 0 saturated heterocycles. The number of rotatable bonds is 10. The zero-order valence-corrected chi connectivity index (χ0v) is 15.8. The van der Waals surface area contributed by atoms with Crippen LogP contribution in [0.25, 0.3) is 0 Å². The Morgan fingerprint density at radius 3 is 2.48 bits per heavy atom. The highest BCUT2D eigenvalue weighted by Crippen LogP contribution is 2.09. The van der Waals surface area contributed by atoms with Crippen LogP contribution in [0.1, 0.15) is 39.2 Å². The van der Waals surface area contributed by atoms with E-state index >= 15 is 0 Å². The molecule has 0 fully saturated rings. The fourth-order valence-electron chi connectivity index (χ4n) is 2.15. The van der Waals surface area contributed by atoms with E-state index in [1.165, 1.54) is 0 Å². The molecule has 0 aliphatic heterocycles. The summed E-state index contributed by atoms with van der Waals surface area (Å²) in [6.07, 6.45) is 0.0116. The lowest BCUT2D eigenvalue weighted by atomic mass is 10.1. The largest absolute Gasteiger partial charge is 0.463 e. The highest BCUT2D eigenvalue weighted by atomic mass is 16.9. The molecule has 1 N–H and O–H groups in total. The molecule has 1 atom stereocenters. The number of benzene rings is 1. The van der Waals surface area contributed by atoms with Gasteiger partial charge in [0.25, 0.3) is 5.09 Å². The topological polar surface area (TPSA) is 117 Å². The monoisotopic (exact) mass is 382 g/mol. The van der Waals surface area contributed by atoms with Crippen molar-refractivity contribution in [1.29, 1.82) is 0 Å². The minimum atomic E-state index is -0.911. The highest BCUT2D eigenvalue weighted by Gasteiger charge is 2.21. The van der Waals surface area contributed by atoms with Gasteiger partial charge in [0, 0.05) is 6.42 Å². The van der Waals surface area contributed by atoms with Gasteiger partial charge >= 0.3 is 12.1 Å². The second-order valence-electron chi connectivity index (χ2n) is 6.88. The quantitative estimate of drug-likeness (QED) is 0.286. The number of hydrogen-bond donors (Lipinski definition) is 1. The smallest absolute Gasteiger partial charge is 0.408 e.